The maximum Gasteiger partial charge on any atom is 0.321 e. The maximum atomic E-state index is 11.6. The van der Waals surface area contributed by atoms with Crippen LogP contribution in [-0.2, 0) is 15.0 Å². The van der Waals surface area contributed by atoms with Crippen LogP contribution in [0.2, 0.25) is 0 Å². The molecule has 1 fully saturated rings. The molecule has 1 aliphatic heterocycles. The van der Waals surface area contributed by atoms with E-state index >= 15 is 0 Å². The van der Waals surface area contributed by atoms with Crippen LogP contribution in [-0.4, -0.2) is 42.9 Å². The third-order valence-electron chi connectivity index (χ3n) is 2.42. The van der Waals surface area contributed by atoms with Gasteiger partial charge >= 0.3 is 5.97 Å². The average molecular weight is 236 g/mol. The Morgan fingerprint density at radius 1 is 1.60 bits per heavy atom. The third-order valence-corrected chi connectivity index (χ3v) is 4.09. The van der Waals surface area contributed by atoms with Gasteiger partial charge in [0.1, 0.15) is 6.04 Å². The lowest BCUT2D eigenvalue weighted by atomic mass is 10.2. The normalized spacial score (nSPS) is 25.3. The quantitative estimate of drug-likeness (QED) is 0.697. The molecule has 0 aromatic heterocycles. The highest BCUT2D eigenvalue weighted by molar-refractivity contribution is 7.87. The van der Waals surface area contributed by atoms with Crippen molar-refractivity contribution < 1.29 is 18.3 Å². The topological polar surface area (TPSA) is 86.7 Å². The summed E-state index contributed by atoms with van der Waals surface area (Å²) in [4.78, 5) is 10.5. The summed E-state index contributed by atoms with van der Waals surface area (Å²) in [5.41, 5.74) is 0. The van der Waals surface area contributed by atoms with Crippen molar-refractivity contribution in [3.05, 3.63) is 0 Å². The Morgan fingerprint density at radius 2 is 2.20 bits per heavy atom. The zero-order valence-electron chi connectivity index (χ0n) is 8.80. The average Bonchev–Trinajstić information content (AvgIpc) is 2.51. The zero-order chi connectivity index (χ0) is 11.6. The molecule has 1 aliphatic rings. The molecule has 0 radical (unpaired) electrons. The summed E-state index contributed by atoms with van der Waals surface area (Å²) in [6.07, 6.45) is 0.822. The van der Waals surface area contributed by atoms with Gasteiger partial charge in [0.25, 0.3) is 10.2 Å². The van der Waals surface area contributed by atoms with E-state index in [-0.39, 0.29) is 0 Å². The Morgan fingerprint density at radius 3 is 2.60 bits per heavy atom. The summed E-state index contributed by atoms with van der Waals surface area (Å²) in [6.45, 7) is 4.19. The largest absolute Gasteiger partial charge is 0.480 e. The van der Waals surface area contributed by atoms with Crippen LogP contribution >= 0.6 is 0 Å². The molecule has 0 bridgehead atoms. The smallest absolute Gasteiger partial charge is 0.321 e. The number of carbonyl (C=O) groups is 1. The lowest BCUT2D eigenvalue weighted by Gasteiger charge is -2.18. The van der Waals surface area contributed by atoms with Crippen LogP contribution in [0.25, 0.3) is 0 Å². The van der Waals surface area contributed by atoms with Crippen LogP contribution in [0.5, 0.6) is 0 Å². The highest BCUT2D eigenvalue weighted by Crippen LogP contribution is 2.17. The minimum Gasteiger partial charge on any atom is -0.480 e. The second kappa shape index (κ2) is 4.46. The van der Waals surface area contributed by atoms with Gasteiger partial charge in [0.15, 0.2) is 0 Å². The van der Waals surface area contributed by atoms with E-state index in [0.717, 1.165) is 6.42 Å². The van der Waals surface area contributed by atoms with Gasteiger partial charge in [-0.05, 0) is 19.3 Å². The summed E-state index contributed by atoms with van der Waals surface area (Å²) < 4.78 is 26.7. The molecule has 0 aromatic rings. The predicted octanol–water partition coefficient (Wildman–Crippen LogP) is -0.364. The second-order valence-corrected chi connectivity index (χ2v) is 5.64. The van der Waals surface area contributed by atoms with Gasteiger partial charge in [-0.2, -0.15) is 17.4 Å². The number of nitrogens with one attached hydrogen (secondary N) is 1. The first kappa shape index (κ1) is 12.4. The predicted molar refractivity (Wildman–Crippen MR) is 54.5 cm³/mol. The molecular weight excluding hydrogens is 220 g/mol. The fourth-order valence-corrected chi connectivity index (χ4v) is 2.95. The molecule has 88 valence electrons. The number of rotatable bonds is 4. The molecular formula is C8H16N2O4S. The number of aliphatic carboxylic acids is 1. The van der Waals surface area contributed by atoms with Gasteiger partial charge in [-0.3, -0.25) is 4.79 Å². The van der Waals surface area contributed by atoms with E-state index in [2.05, 4.69) is 4.72 Å². The van der Waals surface area contributed by atoms with E-state index in [1.54, 1.807) is 0 Å². The monoisotopic (exact) mass is 236 g/mol. The number of nitrogens with zero attached hydrogens (tertiary/aromatic N) is 1. The summed E-state index contributed by atoms with van der Waals surface area (Å²) in [6, 6.07) is -1.09. The molecule has 2 N–H and O–H groups in total. The fourth-order valence-electron chi connectivity index (χ4n) is 1.46. The minimum atomic E-state index is -3.63. The van der Waals surface area contributed by atoms with Crippen molar-refractivity contribution in [3.8, 4) is 0 Å². The zero-order valence-corrected chi connectivity index (χ0v) is 9.62. The van der Waals surface area contributed by atoms with E-state index in [9.17, 15) is 13.2 Å². The molecule has 0 aromatic carbocycles. The van der Waals surface area contributed by atoms with Gasteiger partial charge in [0, 0.05) is 13.1 Å². The van der Waals surface area contributed by atoms with Gasteiger partial charge in [-0.1, -0.05) is 6.92 Å². The van der Waals surface area contributed by atoms with Gasteiger partial charge in [0.05, 0.1) is 0 Å². The van der Waals surface area contributed by atoms with Crippen molar-refractivity contribution in [3.63, 3.8) is 0 Å². The van der Waals surface area contributed by atoms with Crippen LogP contribution < -0.4 is 4.72 Å². The molecule has 0 aliphatic carbocycles. The second-order valence-electron chi connectivity index (χ2n) is 3.93. The SMILES string of the molecule is CC1CCN(S(=O)(=O)N[C@@H](C)C(=O)O)C1. The molecule has 0 saturated carbocycles. The number of hydrogen-bond donors (Lipinski definition) is 2. The number of hydrogen-bond acceptors (Lipinski definition) is 3. The van der Waals surface area contributed by atoms with Crippen molar-refractivity contribution in [2.45, 2.75) is 26.3 Å². The Labute approximate surface area is 89.4 Å². The van der Waals surface area contributed by atoms with Crippen LogP contribution in [0.15, 0.2) is 0 Å². The Balaban J connectivity index is 2.63. The lowest BCUT2D eigenvalue weighted by Crippen LogP contribution is -2.46. The minimum absolute atomic E-state index is 0.335. The molecule has 0 spiro atoms. The van der Waals surface area contributed by atoms with E-state index in [0.29, 0.717) is 19.0 Å². The highest BCUT2D eigenvalue weighted by Gasteiger charge is 2.31. The first-order valence-electron chi connectivity index (χ1n) is 4.83. The van der Waals surface area contributed by atoms with E-state index < -0.39 is 22.2 Å². The molecule has 2 atom stereocenters. The Kier molecular flexibility index (Phi) is 3.69. The fraction of sp³-hybridized carbons (Fsp3) is 0.875. The Bertz CT molecular complexity index is 341. The first-order valence-corrected chi connectivity index (χ1v) is 6.27. The number of carboxylic acids is 1. The summed E-state index contributed by atoms with van der Waals surface area (Å²) >= 11 is 0. The van der Waals surface area contributed by atoms with Crippen LogP contribution in [0, 0.1) is 5.92 Å². The molecule has 6 nitrogen and oxygen atoms in total. The van der Waals surface area contributed by atoms with Crippen molar-refractivity contribution in [1.29, 1.82) is 0 Å². The van der Waals surface area contributed by atoms with Crippen molar-refractivity contribution in [1.82, 2.24) is 9.03 Å². The number of carboxylic acid groups (broad SMARTS) is 1. The Hall–Kier alpha value is -0.660. The van der Waals surface area contributed by atoms with Gasteiger partial charge in [0.2, 0.25) is 0 Å². The van der Waals surface area contributed by atoms with Gasteiger partial charge in [-0.15, -0.1) is 0 Å². The third kappa shape index (κ3) is 3.15. The summed E-state index contributed by atoms with van der Waals surface area (Å²) in [5.74, 6) is -0.840. The van der Waals surface area contributed by atoms with E-state index in [1.807, 2.05) is 6.92 Å². The summed E-state index contributed by atoms with van der Waals surface area (Å²) in [5, 5.41) is 8.59. The highest BCUT2D eigenvalue weighted by atomic mass is 32.2. The van der Waals surface area contributed by atoms with E-state index in [4.69, 9.17) is 5.11 Å². The van der Waals surface area contributed by atoms with Crippen LogP contribution in [0.3, 0.4) is 0 Å². The maximum absolute atomic E-state index is 11.6. The molecule has 7 heteroatoms. The first-order chi connectivity index (χ1) is 6.83. The molecule has 1 saturated heterocycles. The van der Waals surface area contributed by atoms with Crippen molar-refractivity contribution >= 4 is 16.2 Å². The van der Waals surface area contributed by atoms with Gasteiger partial charge < -0.3 is 5.11 Å². The lowest BCUT2D eigenvalue weighted by molar-refractivity contribution is -0.138. The summed E-state index contributed by atoms with van der Waals surface area (Å²) in [7, 11) is -3.63. The van der Waals surface area contributed by atoms with Crippen LogP contribution in [0.4, 0.5) is 0 Å². The van der Waals surface area contributed by atoms with E-state index in [1.165, 1.54) is 11.2 Å². The molecule has 1 unspecified atom stereocenters. The van der Waals surface area contributed by atoms with Crippen LogP contribution in [0.1, 0.15) is 20.3 Å². The van der Waals surface area contributed by atoms with Crippen molar-refractivity contribution in [2.75, 3.05) is 13.1 Å². The molecule has 0 amide bonds. The van der Waals surface area contributed by atoms with Gasteiger partial charge in [-0.25, -0.2) is 0 Å². The molecule has 15 heavy (non-hydrogen) atoms. The van der Waals surface area contributed by atoms with Crippen molar-refractivity contribution in [2.24, 2.45) is 5.92 Å². The molecule has 1 rings (SSSR count). The standard InChI is InChI=1S/C8H16N2O4S/c1-6-3-4-10(5-6)15(13,14)9-7(2)8(11)12/h6-7,9H,3-5H2,1-2H3,(H,11,12)/t6?,7-/m0/s1. The molecule has 1 heterocycles.